The van der Waals surface area contributed by atoms with Gasteiger partial charge < -0.3 is 20.1 Å². The van der Waals surface area contributed by atoms with Gasteiger partial charge in [0.1, 0.15) is 15.3 Å². The predicted molar refractivity (Wildman–Crippen MR) is 167 cm³/mol. The maximum Gasteiger partial charge on any atom is 0.258 e. The number of nitrogens with one attached hydrogen (secondary N) is 1. The molecule has 43 heavy (non-hydrogen) atoms. The van der Waals surface area contributed by atoms with Crippen molar-refractivity contribution in [2.45, 2.75) is 30.2 Å². The Morgan fingerprint density at radius 3 is 2.58 bits per heavy atom. The average Bonchev–Trinajstić information content (AvgIpc) is 3.74. The van der Waals surface area contributed by atoms with E-state index in [1.807, 2.05) is 24.4 Å². The first kappa shape index (κ1) is 30.8. The van der Waals surface area contributed by atoms with Gasteiger partial charge in [0.2, 0.25) is 0 Å². The smallest absolute Gasteiger partial charge is 0.258 e. The molecule has 0 unspecified atom stereocenters. The van der Waals surface area contributed by atoms with Crippen LogP contribution in [-0.4, -0.2) is 78.4 Å². The molecular weight excluding hydrogens is 609 g/mol. The minimum atomic E-state index is -3.77. The maximum atomic E-state index is 13.7. The summed E-state index contributed by atoms with van der Waals surface area (Å²) >= 11 is 2.63. The second-order valence-electron chi connectivity index (χ2n) is 10.4. The Bertz CT molecular complexity index is 1680. The molecule has 4 aromatic rings. The molecule has 3 atom stereocenters. The molecule has 0 spiro atoms. The van der Waals surface area contributed by atoms with Crippen LogP contribution in [0.25, 0.3) is 10.6 Å². The molecule has 13 heteroatoms. The highest BCUT2D eigenvalue weighted by Gasteiger charge is 2.36. The van der Waals surface area contributed by atoms with Gasteiger partial charge in [0.05, 0.1) is 30.4 Å². The van der Waals surface area contributed by atoms with Crippen LogP contribution < -0.4 is 10.1 Å². The minimum Gasteiger partial charge on any atom is -0.486 e. The molecule has 1 aliphatic rings. The lowest BCUT2D eigenvalue weighted by molar-refractivity contribution is 0.0388. The molecule has 10 nitrogen and oxygen atoms in total. The van der Waals surface area contributed by atoms with Crippen LogP contribution in [0.5, 0.6) is 5.75 Å². The molecule has 2 N–H and O–H groups in total. The van der Waals surface area contributed by atoms with E-state index in [0.29, 0.717) is 5.56 Å². The number of aromatic nitrogens is 1. The lowest BCUT2D eigenvalue weighted by Crippen LogP contribution is -2.50. The number of aliphatic hydroxyl groups is 1. The number of anilines is 1. The number of aliphatic hydroxyl groups excluding tert-OH is 1. The summed E-state index contributed by atoms with van der Waals surface area (Å²) < 4.78 is 34.4. The van der Waals surface area contributed by atoms with E-state index in [0.717, 1.165) is 21.9 Å². The zero-order chi connectivity index (χ0) is 30.7. The van der Waals surface area contributed by atoms with Crippen LogP contribution in [0.4, 0.5) is 5.69 Å². The highest BCUT2D eigenvalue weighted by atomic mass is 32.2. The zero-order valence-corrected chi connectivity index (χ0v) is 26.3. The van der Waals surface area contributed by atoms with Crippen molar-refractivity contribution in [2.24, 2.45) is 5.92 Å². The van der Waals surface area contributed by atoms with Crippen LogP contribution in [0.15, 0.2) is 75.8 Å². The van der Waals surface area contributed by atoms with Crippen LogP contribution >= 0.6 is 22.7 Å². The van der Waals surface area contributed by atoms with Crippen LogP contribution in [0.2, 0.25) is 0 Å². The normalized spacial score (nSPS) is 18.0. The van der Waals surface area contributed by atoms with Crippen molar-refractivity contribution in [1.82, 2.24) is 14.2 Å². The number of fused-ring (bicyclic) bond motifs is 1. The third kappa shape index (κ3) is 6.50. The van der Waals surface area contributed by atoms with E-state index in [2.05, 4.69) is 10.3 Å². The fourth-order valence-corrected chi connectivity index (χ4v) is 7.83. The van der Waals surface area contributed by atoms with Crippen LogP contribution in [0.3, 0.4) is 0 Å². The summed E-state index contributed by atoms with van der Waals surface area (Å²) in [7, 11) is -2.28. The number of rotatable bonds is 9. The Kier molecular flexibility index (Phi) is 9.28. The van der Waals surface area contributed by atoms with E-state index in [9.17, 15) is 23.1 Å². The van der Waals surface area contributed by atoms with Crippen molar-refractivity contribution in [3.05, 3.63) is 82.7 Å². The topological polar surface area (TPSA) is 129 Å². The number of thiophene rings is 1. The van der Waals surface area contributed by atoms with Gasteiger partial charge in [-0.1, -0.05) is 31.2 Å². The second kappa shape index (κ2) is 12.9. The summed E-state index contributed by atoms with van der Waals surface area (Å²) in [6, 6.07) is 14.7. The molecule has 0 saturated carbocycles. The van der Waals surface area contributed by atoms with Gasteiger partial charge in [-0.15, -0.1) is 22.7 Å². The van der Waals surface area contributed by atoms with Gasteiger partial charge in [0.25, 0.3) is 21.8 Å². The molecule has 0 aliphatic carbocycles. The van der Waals surface area contributed by atoms with Crippen molar-refractivity contribution in [1.29, 1.82) is 0 Å². The lowest BCUT2D eigenvalue weighted by atomic mass is 9.99. The van der Waals surface area contributed by atoms with Crippen molar-refractivity contribution in [3.8, 4) is 16.3 Å². The van der Waals surface area contributed by atoms with Gasteiger partial charge in [-0.25, -0.2) is 13.4 Å². The van der Waals surface area contributed by atoms with Gasteiger partial charge >= 0.3 is 0 Å². The minimum absolute atomic E-state index is 0.00310. The highest BCUT2D eigenvalue weighted by molar-refractivity contribution is 7.91. The highest BCUT2D eigenvalue weighted by Crippen LogP contribution is 2.36. The molecule has 226 valence electrons. The number of carbonyl (C=O) groups is 2. The van der Waals surface area contributed by atoms with E-state index < -0.39 is 28.1 Å². The molecular formula is C30H32N4O6S3. The SMILES string of the molecule is C[C@@H]1CN([C@@H](C)CO)C(=O)c2cccc(NC(=O)c3ccc(-c4nccs4)cc3)c2O[C@H]1CN(C)S(=O)(=O)c1cccs1. The van der Waals surface area contributed by atoms with Crippen molar-refractivity contribution >= 4 is 50.2 Å². The molecule has 2 aromatic carbocycles. The Labute approximate surface area is 258 Å². The molecule has 0 bridgehead atoms. The lowest BCUT2D eigenvalue weighted by Gasteiger charge is -2.38. The fraction of sp³-hybridized carbons (Fsp3) is 0.300. The summed E-state index contributed by atoms with van der Waals surface area (Å²) in [4.78, 5) is 33.0. The largest absolute Gasteiger partial charge is 0.486 e. The zero-order valence-electron chi connectivity index (χ0n) is 23.8. The number of ether oxygens (including phenoxy) is 1. The Balaban J connectivity index is 1.47. The average molecular weight is 641 g/mol. The molecule has 2 aromatic heterocycles. The van der Waals surface area contributed by atoms with Gasteiger partial charge in [0, 0.05) is 42.2 Å². The number of amides is 2. The van der Waals surface area contributed by atoms with Crippen LogP contribution in [-0.2, 0) is 10.0 Å². The number of sulfonamides is 1. The van der Waals surface area contributed by atoms with Crippen LogP contribution in [0, 0.1) is 5.92 Å². The number of para-hydroxylation sites is 1. The summed E-state index contributed by atoms with van der Waals surface area (Å²) in [5.41, 5.74) is 1.77. The molecule has 0 radical (unpaired) electrons. The number of benzene rings is 2. The quantitative estimate of drug-likeness (QED) is 0.272. The number of carbonyl (C=O) groups excluding carboxylic acids is 2. The molecule has 2 amide bonds. The Morgan fingerprint density at radius 2 is 1.93 bits per heavy atom. The van der Waals surface area contributed by atoms with Gasteiger partial charge in [0.15, 0.2) is 5.75 Å². The first-order valence-corrected chi connectivity index (χ1v) is 16.8. The first-order valence-electron chi connectivity index (χ1n) is 13.6. The number of nitrogens with zero attached hydrogens (tertiary/aromatic N) is 3. The standard InChI is InChI=1S/C30H32N4O6S3/c1-19-16-34(20(2)18-35)30(37)23-6-4-7-24(32-28(36)21-9-11-22(12-10-21)29-31-13-15-42-29)27(23)40-25(19)17-33(3)43(38,39)26-8-5-14-41-26/h4-15,19-20,25,35H,16-18H2,1-3H3,(H,32,36)/t19-,20+,25+/m1/s1. The first-order chi connectivity index (χ1) is 20.6. The van der Waals surface area contributed by atoms with E-state index in [1.165, 1.54) is 22.7 Å². The van der Waals surface area contributed by atoms with Crippen molar-refractivity contribution in [2.75, 3.05) is 32.1 Å². The summed E-state index contributed by atoms with van der Waals surface area (Å²) in [5, 5.41) is 17.2. The third-order valence-electron chi connectivity index (χ3n) is 7.36. The molecule has 0 fully saturated rings. The third-order valence-corrected chi connectivity index (χ3v) is 11.4. The molecule has 1 aliphatic heterocycles. The van der Waals surface area contributed by atoms with Crippen LogP contribution in [0.1, 0.15) is 34.6 Å². The van der Waals surface area contributed by atoms with E-state index >= 15 is 0 Å². The predicted octanol–water partition coefficient (Wildman–Crippen LogP) is 4.66. The maximum absolute atomic E-state index is 13.7. The van der Waals surface area contributed by atoms with Crippen molar-refractivity contribution in [3.63, 3.8) is 0 Å². The van der Waals surface area contributed by atoms with E-state index in [4.69, 9.17) is 4.74 Å². The number of hydrogen-bond donors (Lipinski definition) is 2. The molecule has 0 saturated heterocycles. The monoisotopic (exact) mass is 640 g/mol. The molecule has 3 heterocycles. The fourth-order valence-electron chi connectivity index (χ4n) is 4.80. The van der Waals surface area contributed by atoms with E-state index in [-0.39, 0.29) is 52.7 Å². The van der Waals surface area contributed by atoms with E-state index in [1.54, 1.807) is 65.9 Å². The summed E-state index contributed by atoms with van der Waals surface area (Å²) in [6.07, 6.45) is 1.03. The second-order valence-corrected chi connectivity index (χ2v) is 14.5. The van der Waals surface area contributed by atoms with Gasteiger partial charge in [-0.05, 0) is 42.6 Å². The van der Waals surface area contributed by atoms with Crippen molar-refractivity contribution < 1.29 is 27.9 Å². The number of likely N-dealkylation sites (N-methyl/N-ethyl adjacent to an activating group) is 1. The molecule has 5 rings (SSSR count). The number of hydrogen-bond acceptors (Lipinski definition) is 9. The van der Waals surface area contributed by atoms with Gasteiger partial charge in [-0.3, -0.25) is 9.59 Å². The Morgan fingerprint density at radius 1 is 1.16 bits per heavy atom. The number of thiazole rings is 1. The Hall–Kier alpha value is -3.62. The van der Waals surface area contributed by atoms with Gasteiger partial charge in [-0.2, -0.15) is 4.31 Å². The summed E-state index contributed by atoms with van der Waals surface area (Å²) in [6.45, 7) is 3.60. The summed E-state index contributed by atoms with van der Waals surface area (Å²) in [5.74, 6) is -0.937.